The van der Waals surface area contributed by atoms with Gasteiger partial charge in [0.2, 0.25) is 0 Å². The van der Waals surface area contributed by atoms with Crippen LogP contribution in [0.25, 0.3) is 0 Å². The van der Waals surface area contributed by atoms with E-state index in [1.165, 1.54) is 11.3 Å². The van der Waals surface area contributed by atoms with Crippen molar-refractivity contribution in [3.63, 3.8) is 0 Å². The molecule has 0 aliphatic carbocycles. The molecule has 1 aromatic heterocycles. The van der Waals surface area contributed by atoms with Crippen LogP contribution in [0.5, 0.6) is 0 Å². The molecule has 0 unspecified atom stereocenters. The zero-order valence-corrected chi connectivity index (χ0v) is 8.32. The molecule has 0 aliphatic rings. The minimum atomic E-state index is 0.524. The molecule has 0 aliphatic heterocycles. The molecule has 0 saturated carbocycles. The van der Waals surface area contributed by atoms with Crippen LogP contribution < -0.4 is 11.1 Å². The molecule has 68 valence electrons. The number of nitrogens with zero attached hydrogens (tertiary/aromatic N) is 1. The highest BCUT2D eigenvalue weighted by molar-refractivity contribution is 7.19. The topological polar surface area (TPSA) is 50.9 Å². The van der Waals surface area contributed by atoms with E-state index >= 15 is 0 Å². The predicted octanol–water partition coefficient (Wildman–Crippen LogP) is 2.33. The standard InChI is InChI=1S/C8H15N3S/c1-3-6(4-2)11-8-10-5-7(9)12-8/h5-6H,3-4,9H2,1-2H3,(H,10,11). The summed E-state index contributed by atoms with van der Waals surface area (Å²) >= 11 is 1.50. The van der Waals surface area contributed by atoms with Gasteiger partial charge < -0.3 is 11.1 Å². The molecular formula is C8H15N3S. The first-order valence-electron chi connectivity index (χ1n) is 4.24. The Labute approximate surface area is 77.0 Å². The van der Waals surface area contributed by atoms with Crippen molar-refractivity contribution in [3.05, 3.63) is 6.20 Å². The molecule has 0 saturated heterocycles. The Kier molecular flexibility index (Phi) is 3.34. The summed E-state index contributed by atoms with van der Waals surface area (Å²) in [4.78, 5) is 4.13. The Balaban J connectivity index is 2.50. The van der Waals surface area contributed by atoms with Gasteiger partial charge in [-0.2, -0.15) is 0 Å². The average molecular weight is 185 g/mol. The normalized spacial score (nSPS) is 10.6. The number of anilines is 2. The molecule has 0 radical (unpaired) electrons. The van der Waals surface area contributed by atoms with E-state index in [-0.39, 0.29) is 0 Å². The number of hydrogen-bond donors (Lipinski definition) is 2. The van der Waals surface area contributed by atoms with Gasteiger partial charge in [0.1, 0.15) is 5.00 Å². The lowest BCUT2D eigenvalue weighted by Crippen LogP contribution is -2.16. The first-order valence-corrected chi connectivity index (χ1v) is 5.05. The fraction of sp³-hybridized carbons (Fsp3) is 0.625. The SMILES string of the molecule is CCC(CC)Nc1ncc(N)s1. The van der Waals surface area contributed by atoms with Crippen molar-refractivity contribution in [3.8, 4) is 0 Å². The second-order valence-electron chi connectivity index (χ2n) is 2.73. The lowest BCUT2D eigenvalue weighted by Gasteiger charge is -2.12. The van der Waals surface area contributed by atoms with Crippen LogP contribution in [0, 0.1) is 0 Å². The van der Waals surface area contributed by atoms with Crippen molar-refractivity contribution in [2.45, 2.75) is 32.7 Å². The van der Waals surface area contributed by atoms with Gasteiger partial charge in [-0.3, -0.25) is 0 Å². The van der Waals surface area contributed by atoms with Gasteiger partial charge in [-0.25, -0.2) is 4.98 Å². The van der Waals surface area contributed by atoms with Crippen LogP contribution in [0.15, 0.2) is 6.20 Å². The Bertz CT molecular complexity index is 230. The molecule has 0 atom stereocenters. The number of aromatic nitrogens is 1. The second kappa shape index (κ2) is 4.30. The van der Waals surface area contributed by atoms with Gasteiger partial charge in [0.25, 0.3) is 0 Å². The quantitative estimate of drug-likeness (QED) is 0.757. The van der Waals surface area contributed by atoms with E-state index in [9.17, 15) is 0 Å². The Hall–Kier alpha value is -0.770. The summed E-state index contributed by atoms with van der Waals surface area (Å²) in [6.07, 6.45) is 3.93. The molecule has 1 aromatic rings. The van der Waals surface area contributed by atoms with E-state index in [0.717, 1.165) is 23.0 Å². The highest BCUT2D eigenvalue weighted by atomic mass is 32.1. The number of nitrogen functional groups attached to an aromatic ring is 1. The smallest absolute Gasteiger partial charge is 0.184 e. The van der Waals surface area contributed by atoms with E-state index in [4.69, 9.17) is 5.73 Å². The molecule has 1 heterocycles. The summed E-state index contributed by atoms with van der Waals surface area (Å²) in [5.74, 6) is 0. The van der Waals surface area contributed by atoms with Gasteiger partial charge in [-0.05, 0) is 12.8 Å². The van der Waals surface area contributed by atoms with Crippen LogP contribution in [0.1, 0.15) is 26.7 Å². The zero-order chi connectivity index (χ0) is 8.97. The third-order valence-electron chi connectivity index (χ3n) is 1.84. The number of nitrogens with two attached hydrogens (primary N) is 1. The van der Waals surface area contributed by atoms with Gasteiger partial charge in [0.15, 0.2) is 5.13 Å². The number of rotatable bonds is 4. The van der Waals surface area contributed by atoms with Crippen LogP contribution >= 0.6 is 11.3 Å². The van der Waals surface area contributed by atoms with Crippen molar-refractivity contribution in [2.75, 3.05) is 11.1 Å². The predicted molar refractivity (Wildman–Crippen MR) is 54.5 cm³/mol. The van der Waals surface area contributed by atoms with Crippen LogP contribution in [0.3, 0.4) is 0 Å². The van der Waals surface area contributed by atoms with E-state index in [1.54, 1.807) is 6.20 Å². The Morgan fingerprint density at radius 2 is 2.25 bits per heavy atom. The largest absolute Gasteiger partial charge is 0.389 e. The molecule has 3 N–H and O–H groups in total. The van der Waals surface area contributed by atoms with Crippen LogP contribution in [-0.4, -0.2) is 11.0 Å². The molecule has 0 spiro atoms. The average Bonchev–Trinajstić information content (AvgIpc) is 2.47. The van der Waals surface area contributed by atoms with E-state index < -0.39 is 0 Å². The fourth-order valence-electron chi connectivity index (χ4n) is 1.02. The van der Waals surface area contributed by atoms with Gasteiger partial charge in [-0.1, -0.05) is 25.2 Å². The Morgan fingerprint density at radius 3 is 2.67 bits per heavy atom. The lowest BCUT2D eigenvalue weighted by atomic mass is 10.2. The van der Waals surface area contributed by atoms with Crippen LogP contribution in [-0.2, 0) is 0 Å². The van der Waals surface area contributed by atoms with E-state index in [1.807, 2.05) is 0 Å². The summed E-state index contributed by atoms with van der Waals surface area (Å²) in [5.41, 5.74) is 5.55. The van der Waals surface area contributed by atoms with E-state index in [2.05, 4.69) is 24.1 Å². The second-order valence-corrected chi connectivity index (χ2v) is 3.79. The Morgan fingerprint density at radius 1 is 1.58 bits per heavy atom. The molecule has 3 nitrogen and oxygen atoms in total. The molecule has 0 fully saturated rings. The molecule has 4 heteroatoms. The van der Waals surface area contributed by atoms with Crippen LogP contribution in [0.2, 0.25) is 0 Å². The highest BCUT2D eigenvalue weighted by Crippen LogP contribution is 2.21. The van der Waals surface area contributed by atoms with Crippen molar-refractivity contribution in [2.24, 2.45) is 0 Å². The molecule has 0 aromatic carbocycles. The maximum Gasteiger partial charge on any atom is 0.184 e. The molecule has 0 bridgehead atoms. The number of nitrogens with one attached hydrogen (secondary N) is 1. The van der Waals surface area contributed by atoms with Crippen molar-refractivity contribution < 1.29 is 0 Å². The van der Waals surface area contributed by atoms with Crippen molar-refractivity contribution >= 4 is 21.5 Å². The summed E-state index contributed by atoms with van der Waals surface area (Å²) < 4.78 is 0. The maximum absolute atomic E-state index is 5.55. The summed E-state index contributed by atoms with van der Waals surface area (Å²) in [5, 5.41) is 5.03. The maximum atomic E-state index is 5.55. The zero-order valence-electron chi connectivity index (χ0n) is 7.50. The monoisotopic (exact) mass is 185 g/mol. The minimum Gasteiger partial charge on any atom is -0.389 e. The first kappa shape index (κ1) is 9.32. The lowest BCUT2D eigenvalue weighted by molar-refractivity contribution is 0.671. The first-order chi connectivity index (χ1) is 5.76. The molecule has 1 rings (SSSR count). The summed E-state index contributed by atoms with van der Waals surface area (Å²) in [6.45, 7) is 4.33. The third kappa shape index (κ3) is 2.37. The van der Waals surface area contributed by atoms with Crippen molar-refractivity contribution in [1.29, 1.82) is 0 Å². The number of thiazole rings is 1. The van der Waals surface area contributed by atoms with Gasteiger partial charge in [-0.15, -0.1) is 0 Å². The molecular weight excluding hydrogens is 170 g/mol. The van der Waals surface area contributed by atoms with Crippen LogP contribution in [0.4, 0.5) is 10.1 Å². The fourth-order valence-corrected chi connectivity index (χ4v) is 1.68. The van der Waals surface area contributed by atoms with Gasteiger partial charge in [0, 0.05) is 6.04 Å². The highest BCUT2D eigenvalue weighted by Gasteiger charge is 2.04. The van der Waals surface area contributed by atoms with Gasteiger partial charge >= 0.3 is 0 Å². The minimum absolute atomic E-state index is 0.524. The molecule has 12 heavy (non-hydrogen) atoms. The summed E-state index contributed by atoms with van der Waals surface area (Å²) in [6, 6.07) is 0.524. The molecule has 0 amide bonds. The van der Waals surface area contributed by atoms with Crippen molar-refractivity contribution in [1.82, 2.24) is 4.98 Å². The number of hydrogen-bond acceptors (Lipinski definition) is 4. The third-order valence-corrected chi connectivity index (χ3v) is 2.59. The van der Waals surface area contributed by atoms with Gasteiger partial charge in [0.05, 0.1) is 6.20 Å². The van der Waals surface area contributed by atoms with E-state index in [0.29, 0.717) is 6.04 Å². The summed E-state index contributed by atoms with van der Waals surface area (Å²) in [7, 11) is 0.